The molecule has 1 aliphatic rings. The van der Waals surface area contributed by atoms with Crippen LogP contribution in [0.2, 0.25) is 0 Å². The van der Waals surface area contributed by atoms with Crippen LogP contribution < -0.4 is 0 Å². The molecule has 1 amide bonds. The fourth-order valence-corrected chi connectivity index (χ4v) is 1.70. The zero-order valence-corrected chi connectivity index (χ0v) is 9.33. The van der Waals surface area contributed by atoms with Gasteiger partial charge in [0.25, 0.3) is 5.69 Å². The molecule has 6 heteroatoms. The lowest BCUT2D eigenvalue weighted by molar-refractivity contribution is -0.384. The Balaban J connectivity index is 2.12. The van der Waals surface area contributed by atoms with Crippen molar-refractivity contribution < 1.29 is 14.5 Å². The van der Waals surface area contributed by atoms with Crippen molar-refractivity contribution in [3.05, 3.63) is 39.9 Å². The Kier molecular flexibility index (Phi) is 3.06. The van der Waals surface area contributed by atoms with E-state index in [1.165, 1.54) is 12.1 Å². The van der Waals surface area contributed by atoms with Gasteiger partial charge in [-0.15, -0.1) is 0 Å². The van der Waals surface area contributed by atoms with Gasteiger partial charge in [-0.2, -0.15) is 0 Å². The lowest BCUT2D eigenvalue weighted by Gasteiger charge is -2.30. The molecule has 0 bridgehead atoms. The molecule has 1 aromatic carbocycles. The van der Waals surface area contributed by atoms with E-state index in [1.807, 2.05) is 0 Å². The molecule has 0 spiro atoms. The van der Waals surface area contributed by atoms with E-state index in [0.29, 0.717) is 6.54 Å². The van der Waals surface area contributed by atoms with Gasteiger partial charge < -0.3 is 9.64 Å². The molecule has 1 aromatic rings. The number of nitro groups is 1. The van der Waals surface area contributed by atoms with Gasteiger partial charge in [-0.05, 0) is 17.7 Å². The zero-order valence-electron chi connectivity index (χ0n) is 9.33. The molecule has 1 fully saturated rings. The van der Waals surface area contributed by atoms with Gasteiger partial charge in [-0.1, -0.05) is 0 Å². The predicted octanol–water partition coefficient (Wildman–Crippen LogP) is 1.12. The normalized spacial score (nSPS) is 20.4. The van der Waals surface area contributed by atoms with Crippen molar-refractivity contribution in [1.29, 1.82) is 0 Å². The van der Waals surface area contributed by atoms with E-state index in [2.05, 4.69) is 0 Å². The number of hydrogen-bond acceptors (Lipinski definition) is 4. The number of carbonyl (C=O) groups excluding carboxylic acids is 1. The number of ether oxygens (including phenoxy) is 1. The number of benzene rings is 1. The summed E-state index contributed by atoms with van der Waals surface area (Å²) in [4.78, 5) is 22.9. The SMILES string of the molecule is CN1C[C@H](c2ccc([N+](=O)[O-])cc2)OCC1=O. The highest BCUT2D eigenvalue weighted by molar-refractivity contribution is 5.77. The second kappa shape index (κ2) is 4.50. The maximum absolute atomic E-state index is 11.2. The maximum atomic E-state index is 11.2. The van der Waals surface area contributed by atoms with E-state index in [9.17, 15) is 14.9 Å². The third-order valence-corrected chi connectivity index (χ3v) is 2.75. The summed E-state index contributed by atoms with van der Waals surface area (Å²) in [6.07, 6.45) is -0.210. The standard InChI is InChI=1S/C11H12N2O4/c1-12-6-10(17-7-11(12)14)8-2-4-9(5-3-8)13(15)16/h2-5,10H,6-7H2,1H3/t10-/m1/s1. The highest BCUT2D eigenvalue weighted by Gasteiger charge is 2.24. The summed E-state index contributed by atoms with van der Waals surface area (Å²) in [6.45, 7) is 0.523. The minimum atomic E-state index is -0.443. The molecule has 0 radical (unpaired) electrons. The van der Waals surface area contributed by atoms with Crippen molar-refractivity contribution in [2.75, 3.05) is 20.2 Å². The monoisotopic (exact) mass is 236 g/mol. The summed E-state index contributed by atoms with van der Waals surface area (Å²) in [5, 5.41) is 10.5. The predicted molar refractivity (Wildman–Crippen MR) is 59.4 cm³/mol. The first-order chi connectivity index (χ1) is 8.08. The van der Waals surface area contributed by atoms with Gasteiger partial charge in [0, 0.05) is 19.2 Å². The number of morpholine rings is 1. The number of amides is 1. The van der Waals surface area contributed by atoms with E-state index < -0.39 is 4.92 Å². The Labute approximate surface area is 97.9 Å². The van der Waals surface area contributed by atoms with Crippen LogP contribution >= 0.6 is 0 Å². The summed E-state index contributed by atoms with van der Waals surface area (Å²) in [7, 11) is 1.71. The number of rotatable bonds is 2. The van der Waals surface area contributed by atoms with Gasteiger partial charge in [-0.25, -0.2) is 0 Å². The lowest BCUT2D eigenvalue weighted by Crippen LogP contribution is -2.40. The minimum Gasteiger partial charge on any atom is -0.362 e. The molecule has 0 aromatic heterocycles. The lowest BCUT2D eigenvalue weighted by atomic mass is 10.1. The van der Waals surface area contributed by atoms with Crippen LogP contribution in [-0.2, 0) is 9.53 Å². The molecule has 1 aliphatic heterocycles. The zero-order chi connectivity index (χ0) is 12.4. The van der Waals surface area contributed by atoms with Crippen LogP contribution in [-0.4, -0.2) is 35.9 Å². The quantitative estimate of drug-likeness (QED) is 0.569. The van der Waals surface area contributed by atoms with Gasteiger partial charge in [0.2, 0.25) is 5.91 Å². The molecule has 2 rings (SSSR count). The van der Waals surface area contributed by atoms with Gasteiger partial charge >= 0.3 is 0 Å². The van der Waals surface area contributed by atoms with Crippen LogP contribution in [0, 0.1) is 10.1 Å². The molecule has 0 unspecified atom stereocenters. The van der Waals surface area contributed by atoms with E-state index >= 15 is 0 Å². The highest BCUT2D eigenvalue weighted by Crippen LogP contribution is 2.23. The number of likely N-dealkylation sites (N-methyl/N-ethyl adjacent to an activating group) is 1. The van der Waals surface area contributed by atoms with Crippen LogP contribution in [0.4, 0.5) is 5.69 Å². The number of non-ortho nitro benzene ring substituents is 1. The third kappa shape index (κ3) is 2.42. The summed E-state index contributed by atoms with van der Waals surface area (Å²) in [6, 6.07) is 6.20. The Bertz CT molecular complexity index is 443. The second-order valence-electron chi connectivity index (χ2n) is 3.92. The molecule has 17 heavy (non-hydrogen) atoms. The molecule has 90 valence electrons. The molecule has 1 saturated heterocycles. The number of hydrogen-bond donors (Lipinski definition) is 0. The van der Waals surface area contributed by atoms with Gasteiger partial charge in [-0.3, -0.25) is 14.9 Å². The minimum absolute atomic E-state index is 0.0500. The van der Waals surface area contributed by atoms with Crippen LogP contribution in [0.15, 0.2) is 24.3 Å². The summed E-state index contributed by atoms with van der Waals surface area (Å²) < 4.78 is 5.39. The molecule has 0 aliphatic carbocycles. The van der Waals surface area contributed by atoms with Crippen molar-refractivity contribution in [2.45, 2.75) is 6.10 Å². The van der Waals surface area contributed by atoms with E-state index in [-0.39, 0.29) is 24.3 Å². The van der Waals surface area contributed by atoms with Crippen molar-refractivity contribution in [2.24, 2.45) is 0 Å². The molecule has 0 N–H and O–H groups in total. The topological polar surface area (TPSA) is 72.7 Å². The van der Waals surface area contributed by atoms with Gasteiger partial charge in [0.1, 0.15) is 12.7 Å². The van der Waals surface area contributed by atoms with Gasteiger partial charge in [0.15, 0.2) is 0 Å². The Morgan fingerprint density at radius 2 is 2.06 bits per heavy atom. The largest absolute Gasteiger partial charge is 0.362 e. The Hall–Kier alpha value is -1.95. The maximum Gasteiger partial charge on any atom is 0.269 e. The fourth-order valence-electron chi connectivity index (χ4n) is 1.70. The van der Waals surface area contributed by atoms with E-state index in [4.69, 9.17) is 4.74 Å². The summed E-state index contributed by atoms with van der Waals surface area (Å²) in [5.74, 6) is -0.0526. The fraction of sp³-hybridized carbons (Fsp3) is 0.364. The van der Waals surface area contributed by atoms with Crippen LogP contribution in [0.1, 0.15) is 11.7 Å². The van der Waals surface area contributed by atoms with Crippen molar-refractivity contribution >= 4 is 11.6 Å². The van der Waals surface area contributed by atoms with Gasteiger partial charge in [0.05, 0.1) is 11.5 Å². The molecule has 6 nitrogen and oxygen atoms in total. The second-order valence-corrected chi connectivity index (χ2v) is 3.92. The summed E-state index contributed by atoms with van der Waals surface area (Å²) in [5.41, 5.74) is 0.893. The van der Waals surface area contributed by atoms with Crippen LogP contribution in [0.25, 0.3) is 0 Å². The van der Waals surface area contributed by atoms with Crippen molar-refractivity contribution in [1.82, 2.24) is 4.90 Å². The van der Waals surface area contributed by atoms with E-state index in [0.717, 1.165) is 5.56 Å². The number of carbonyl (C=O) groups is 1. The smallest absolute Gasteiger partial charge is 0.269 e. The molecular weight excluding hydrogens is 224 g/mol. The number of nitrogens with zero attached hydrogens (tertiary/aromatic N) is 2. The first kappa shape index (κ1) is 11.5. The van der Waals surface area contributed by atoms with Crippen LogP contribution in [0.5, 0.6) is 0 Å². The summed E-state index contributed by atoms with van der Waals surface area (Å²) >= 11 is 0. The van der Waals surface area contributed by atoms with E-state index in [1.54, 1.807) is 24.1 Å². The molecule has 0 saturated carbocycles. The average molecular weight is 236 g/mol. The highest BCUT2D eigenvalue weighted by atomic mass is 16.6. The molecular formula is C11H12N2O4. The Morgan fingerprint density at radius 3 is 2.59 bits per heavy atom. The molecule has 1 heterocycles. The van der Waals surface area contributed by atoms with Crippen molar-refractivity contribution in [3.8, 4) is 0 Å². The number of nitro benzene ring substituents is 1. The Morgan fingerprint density at radius 1 is 1.41 bits per heavy atom. The van der Waals surface area contributed by atoms with Crippen LogP contribution in [0.3, 0.4) is 0 Å². The average Bonchev–Trinajstić information content (AvgIpc) is 2.33. The third-order valence-electron chi connectivity index (χ3n) is 2.75. The van der Waals surface area contributed by atoms with Crippen molar-refractivity contribution in [3.63, 3.8) is 0 Å². The first-order valence-electron chi connectivity index (χ1n) is 5.18. The first-order valence-corrected chi connectivity index (χ1v) is 5.18. The molecule has 1 atom stereocenters.